The molecule has 0 aliphatic heterocycles. The number of rotatable bonds is 10. The molecule has 178 valence electrons. The Hall–Kier alpha value is -2.34. The van der Waals surface area contributed by atoms with Gasteiger partial charge in [0.15, 0.2) is 0 Å². The van der Waals surface area contributed by atoms with Crippen molar-refractivity contribution >= 4 is 5.97 Å². The fourth-order valence-electron chi connectivity index (χ4n) is 5.40. The summed E-state index contributed by atoms with van der Waals surface area (Å²) in [6.45, 7) is 2.24. The highest BCUT2D eigenvalue weighted by Gasteiger charge is 2.30. The Morgan fingerprint density at radius 2 is 1.76 bits per heavy atom. The second-order valence-electron chi connectivity index (χ2n) is 9.97. The van der Waals surface area contributed by atoms with E-state index in [4.69, 9.17) is 10.00 Å². The molecule has 3 nitrogen and oxygen atoms in total. The number of carbonyl (C=O) groups excluding carboxylic acids is 1. The topological polar surface area (TPSA) is 50.1 Å². The number of benzene rings is 1. The average molecular weight is 448 g/mol. The summed E-state index contributed by atoms with van der Waals surface area (Å²) in [4.78, 5) is 12.7. The van der Waals surface area contributed by atoms with Crippen molar-refractivity contribution in [2.24, 2.45) is 11.8 Å². The van der Waals surface area contributed by atoms with Crippen molar-refractivity contribution in [2.75, 3.05) is 0 Å². The normalized spacial score (nSPS) is 25.8. The molecule has 2 aliphatic carbocycles. The van der Waals surface area contributed by atoms with Gasteiger partial charge in [-0.2, -0.15) is 5.26 Å². The average Bonchev–Trinajstić information content (AvgIpc) is 2.86. The van der Waals surface area contributed by atoms with Crippen LogP contribution in [0.5, 0.6) is 0 Å². The highest BCUT2D eigenvalue weighted by molar-refractivity contribution is 5.72. The van der Waals surface area contributed by atoms with Gasteiger partial charge in [-0.15, -0.1) is 0 Å². The largest absolute Gasteiger partial charge is 0.462 e. The molecular weight excluding hydrogens is 406 g/mol. The first-order chi connectivity index (χ1) is 16.2. The molecule has 3 rings (SSSR count). The summed E-state index contributed by atoms with van der Waals surface area (Å²) in [5.41, 5.74) is 2.90. The summed E-state index contributed by atoms with van der Waals surface area (Å²) in [6.07, 6.45) is 21.8. The van der Waals surface area contributed by atoms with Crippen molar-refractivity contribution in [3.8, 4) is 6.07 Å². The molecule has 1 aromatic carbocycles. The molecule has 0 N–H and O–H groups in total. The minimum atomic E-state index is 0.0544. The van der Waals surface area contributed by atoms with Gasteiger partial charge in [0.1, 0.15) is 6.10 Å². The van der Waals surface area contributed by atoms with Crippen LogP contribution < -0.4 is 0 Å². The number of nitriles is 1. The summed E-state index contributed by atoms with van der Waals surface area (Å²) in [5.74, 6) is 1.48. The van der Waals surface area contributed by atoms with E-state index in [-0.39, 0.29) is 18.0 Å². The molecule has 0 heterocycles. The van der Waals surface area contributed by atoms with Crippen LogP contribution in [-0.2, 0) is 16.0 Å². The Balaban J connectivity index is 1.33. The van der Waals surface area contributed by atoms with E-state index < -0.39 is 0 Å². The molecule has 33 heavy (non-hydrogen) atoms. The van der Waals surface area contributed by atoms with E-state index in [1.807, 2.05) is 12.1 Å². The molecule has 0 radical (unpaired) electrons. The minimum absolute atomic E-state index is 0.0544. The number of nitrogens with zero attached hydrogens (tertiary/aromatic N) is 1. The van der Waals surface area contributed by atoms with Crippen LogP contribution in [-0.4, -0.2) is 12.1 Å². The summed E-state index contributed by atoms with van der Waals surface area (Å²) in [5, 5.41) is 8.48. The fraction of sp³-hybridized carbons (Fsp3) is 0.600. The number of hydrogen-bond donors (Lipinski definition) is 0. The molecule has 1 aromatic rings. The molecular formula is C30H41NO2. The van der Waals surface area contributed by atoms with Crippen LogP contribution in [0.25, 0.3) is 0 Å². The van der Waals surface area contributed by atoms with E-state index in [0.29, 0.717) is 11.8 Å². The second-order valence-corrected chi connectivity index (χ2v) is 9.97. The lowest BCUT2D eigenvalue weighted by molar-refractivity contribution is -0.157. The van der Waals surface area contributed by atoms with Gasteiger partial charge >= 0.3 is 5.97 Å². The van der Waals surface area contributed by atoms with Gasteiger partial charge in [-0.1, -0.05) is 55.8 Å². The quantitative estimate of drug-likeness (QED) is 0.209. The zero-order valence-corrected chi connectivity index (χ0v) is 20.4. The summed E-state index contributed by atoms with van der Waals surface area (Å²) in [7, 11) is 0. The fourth-order valence-corrected chi connectivity index (χ4v) is 5.40. The Morgan fingerprint density at radius 3 is 2.42 bits per heavy atom. The molecule has 0 bridgehead atoms. The van der Waals surface area contributed by atoms with Crippen molar-refractivity contribution in [3.63, 3.8) is 0 Å². The lowest BCUT2D eigenvalue weighted by atomic mass is 9.79. The highest BCUT2D eigenvalue weighted by atomic mass is 16.5. The van der Waals surface area contributed by atoms with E-state index in [0.717, 1.165) is 57.8 Å². The number of aryl methyl sites for hydroxylation is 1. The smallest absolute Gasteiger partial charge is 0.309 e. The predicted molar refractivity (Wildman–Crippen MR) is 135 cm³/mol. The number of unbranched alkanes of at least 4 members (excludes halogenated alkanes) is 1. The van der Waals surface area contributed by atoms with Crippen molar-refractivity contribution in [1.82, 2.24) is 0 Å². The van der Waals surface area contributed by atoms with Crippen molar-refractivity contribution in [1.29, 1.82) is 5.26 Å². The summed E-state index contributed by atoms with van der Waals surface area (Å²) in [6, 6.07) is 11.2. The monoisotopic (exact) mass is 447 g/mol. The van der Waals surface area contributed by atoms with E-state index in [1.165, 1.54) is 42.9 Å². The van der Waals surface area contributed by atoms with Crippen LogP contribution >= 0.6 is 0 Å². The first-order valence-electron chi connectivity index (χ1n) is 13.2. The van der Waals surface area contributed by atoms with E-state index in [2.05, 4.69) is 37.3 Å². The Labute approximate surface area is 200 Å². The molecule has 0 atom stereocenters. The van der Waals surface area contributed by atoms with Crippen LogP contribution in [0.4, 0.5) is 0 Å². The molecule has 3 heteroatoms. The Kier molecular flexibility index (Phi) is 10.8. The maximum atomic E-state index is 12.7. The van der Waals surface area contributed by atoms with Crippen molar-refractivity contribution < 1.29 is 9.53 Å². The third kappa shape index (κ3) is 8.50. The third-order valence-electron chi connectivity index (χ3n) is 7.57. The van der Waals surface area contributed by atoms with Gasteiger partial charge in [-0.3, -0.25) is 4.79 Å². The van der Waals surface area contributed by atoms with Gasteiger partial charge in [-0.05, 0) is 100 Å². The van der Waals surface area contributed by atoms with Crippen molar-refractivity contribution in [3.05, 3.63) is 59.7 Å². The highest BCUT2D eigenvalue weighted by Crippen LogP contribution is 2.36. The second kappa shape index (κ2) is 14.0. The van der Waals surface area contributed by atoms with Crippen LogP contribution in [0.15, 0.2) is 48.6 Å². The molecule has 0 amide bonds. The number of ether oxygens (including phenoxy) is 1. The van der Waals surface area contributed by atoms with Gasteiger partial charge in [-0.25, -0.2) is 0 Å². The number of carbonyl (C=O) groups is 1. The van der Waals surface area contributed by atoms with Gasteiger partial charge in [0, 0.05) is 6.08 Å². The maximum absolute atomic E-state index is 12.7. The van der Waals surface area contributed by atoms with E-state index >= 15 is 0 Å². The van der Waals surface area contributed by atoms with Gasteiger partial charge in [0.25, 0.3) is 0 Å². The van der Waals surface area contributed by atoms with Gasteiger partial charge < -0.3 is 4.74 Å². The van der Waals surface area contributed by atoms with Crippen LogP contribution in [0.3, 0.4) is 0 Å². The third-order valence-corrected chi connectivity index (χ3v) is 7.57. The molecule has 2 saturated carbocycles. The Bertz CT molecular complexity index is 801. The van der Waals surface area contributed by atoms with Crippen molar-refractivity contribution in [2.45, 2.75) is 102 Å². The lowest BCUT2D eigenvalue weighted by Gasteiger charge is -2.31. The van der Waals surface area contributed by atoms with Gasteiger partial charge in [0.05, 0.1) is 12.0 Å². The van der Waals surface area contributed by atoms with E-state index in [1.54, 1.807) is 6.08 Å². The molecule has 2 aliphatic rings. The Morgan fingerprint density at radius 1 is 1.03 bits per heavy atom. The zero-order valence-electron chi connectivity index (χ0n) is 20.4. The molecule has 0 unspecified atom stereocenters. The number of hydrogen-bond acceptors (Lipinski definition) is 3. The molecule has 0 spiro atoms. The predicted octanol–water partition coefficient (Wildman–Crippen LogP) is 7.82. The van der Waals surface area contributed by atoms with Gasteiger partial charge in [0.2, 0.25) is 0 Å². The first kappa shape index (κ1) is 25.3. The van der Waals surface area contributed by atoms with Crippen LogP contribution in [0.2, 0.25) is 0 Å². The number of allylic oxidation sites excluding steroid dienone is 4. The summed E-state index contributed by atoms with van der Waals surface area (Å²) < 4.78 is 5.97. The minimum Gasteiger partial charge on any atom is -0.462 e. The number of esters is 1. The zero-order chi connectivity index (χ0) is 23.3. The molecule has 0 saturated heterocycles. The van der Waals surface area contributed by atoms with Crippen LogP contribution in [0, 0.1) is 23.2 Å². The molecule has 0 aromatic heterocycles. The van der Waals surface area contributed by atoms with E-state index in [9.17, 15) is 4.79 Å². The maximum Gasteiger partial charge on any atom is 0.309 e. The SMILES string of the molecule is CCCCc1ccc([C@H]2CC[C@H](OC(=O)[C@H]3CC[C@H](CCC=CC=CC#N)CC3)CC2)cc1. The lowest BCUT2D eigenvalue weighted by Crippen LogP contribution is -2.29. The first-order valence-corrected chi connectivity index (χ1v) is 13.2. The standard InChI is InChI=1S/C30H41NO2/c1-2-3-9-24-11-15-26(16-12-24)27-19-21-29(22-20-27)33-30(32)28-17-13-25(14-18-28)10-7-5-4-6-8-23-31/h4-6,8,11-12,15-16,25,27-29H,2-3,7,9-10,13-14,17-22H2,1H3/t25-,27-,28-,29-. The molecule has 2 fully saturated rings. The van der Waals surface area contributed by atoms with Crippen LogP contribution in [0.1, 0.15) is 101 Å². The summed E-state index contributed by atoms with van der Waals surface area (Å²) >= 11 is 0.